The summed E-state index contributed by atoms with van der Waals surface area (Å²) in [5, 5.41) is 11.7. The fourth-order valence-electron chi connectivity index (χ4n) is 4.46. The highest BCUT2D eigenvalue weighted by Crippen LogP contribution is 2.55. The molecule has 2 aromatic heterocycles. The first kappa shape index (κ1) is 14.5. The van der Waals surface area contributed by atoms with Gasteiger partial charge in [-0.3, -0.25) is 0 Å². The zero-order valence-corrected chi connectivity index (χ0v) is 13.2. The number of rotatable bonds is 3. The quantitative estimate of drug-likeness (QED) is 0.862. The lowest BCUT2D eigenvalue weighted by Gasteiger charge is -2.60. The van der Waals surface area contributed by atoms with Crippen molar-refractivity contribution in [2.45, 2.75) is 38.2 Å². The SMILES string of the molecule is FC(F)c1nnc2ccc(N3CC4(CCOCC4)C3C3CC3)nn12. The summed E-state index contributed by atoms with van der Waals surface area (Å²) in [5.74, 6) is 1.05. The van der Waals surface area contributed by atoms with E-state index in [4.69, 9.17) is 4.74 Å². The van der Waals surface area contributed by atoms with Crippen LogP contribution in [0, 0.1) is 11.3 Å². The third kappa shape index (κ3) is 2.05. The van der Waals surface area contributed by atoms with E-state index in [2.05, 4.69) is 20.2 Å². The highest BCUT2D eigenvalue weighted by Gasteiger charge is 2.58. The van der Waals surface area contributed by atoms with Crippen molar-refractivity contribution in [3.63, 3.8) is 0 Å². The lowest BCUT2D eigenvalue weighted by Crippen LogP contribution is -2.67. The van der Waals surface area contributed by atoms with Gasteiger partial charge in [0.15, 0.2) is 5.65 Å². The number of nitrogens with zero attached hydrogens (tertiary/aromatic N) is 5. The van der Waals surface area contributed by atoms with Gasteiger partial charge >= 0.3 is 0 Å². The molecular weight excluding hydrogens is 316 g/mol. The molecular formula is C16H19F2N5O. The summed E-state index contributed by atoms with van der Waals surface area (Å²) in [4.78, 5) is 2.29. The largest absolute Gasteiger partial charge is 0.381 e. The fourth-order valence-corrected chi connectivity index (χ4v) is 4.46. The van der Waals surface area contributed by atoms with E-state index < -0.39 is 12.2 Å². The predicted octanol–water partition coefficient (Wildman–Crippen LogP) is 2.46. The van der Waals surface area contributed by atoms with Crippen LogP contribution in [0.5, 0.6) is 0 Å². The monoisotopic (exact) mass is 335 g/mol. The summed E-state index contributed by atoms with van der Waals surface area (Å²) in [5.41, 5.74) is 0.674. The topological polar surface area (TPSA) is 55.5 Å². The first-order valence-electron chi connectivity index (χ1n) is 8.53. The molecule has 2 saturated heterocycles. The van der Waals surface area contributed by atoms with E-state index in [1.54, 1.807) is 6.07 Å². The van der Waals surface area contributed by atoms with Gasteiger partial charge in [-0.15, -0.1) is 15.3 Å². The molecule has 0 bridgehead atoms. The average molecular weight is 335 g/mol. The van der Waals surface area contributed by atoms with Crippen LogP contribution < -0.4 is 4.90 Å². The zero-order chi connectivity index (χ0) is 16.3. The van der Waals surface area contributed by atoms with Gasteiger partial charge in [-0.25, -0.2) is 8.78 Å². The van der Waals surface area contributed by atoms with E-state index in [0.717, 1.165) is 38.4 Å². The number of anilines is 1. The van der Waals surface area contributed by atoms with Crippen molar-refractivity contribution in [2.75, 3.05) is 24.7 Å². The van der Waals surface area contributed by atoms with Gasteiger partial charge < -0.3 is 9.64 Å². The molecule has 128 valence electrons. The second-order valence-corrected chi connectivity index (χ2v) is 7.21. The summed E-state index contributed by atoms with van der Waals surface area (Å²) < 4.78 is 32.9. The Hall–Kier alpha value is -1.83. The minimum atomic E-state index is -2.68. The second kappa shape index (κ2) is 5.08. The molecule has 3 fully saturated rings. The Morgan fingerprint density at radius 2 is 1.96 bits per heavy atom. The van der Waals surface area contributed by atoms with Crippen LogP contribution in [-0.4, -0.2) is 45.6 Å². The minimum Gasteiger partial charge on any atom is -0.381 e. The number of ether oxygens (including phenoxy) is 1. The maximum absolute atomic E-state index is 13.1. The van der Waals surface area contributed by atoms with Gasteiger partial charge in [0.2, 0.25) is 5.82 Å². The van der Waals surface area contributed by atoms with Crippen molar-refractivity contribution in [1.82, 2.24) is 19.8 Å². The Bertz CT molecular complexity index is 769. The first-order chi connectivity index (χ1) is 11.7. The van der Waals surface area contributed by atoms with Gasteiger partial charge in [0.05, 0.1) is 0 Å². The normalized spacial score (nSPS) is 26.3. The van der Waals surface area contributed by atoms with E-state index in [1.165, 1.54) is 17.4 Å². The molecule has 8 heteroatoms. The van der Waals surface area contributed by atoms with Crippen LogP contribution in [0.1, 0.15) is 37.9 Å². The van der Waals surface area contributed by atoms with E-state index in [1.807, 2.05) is 6.07 Å². The van der Waals surface area contributed by atoms with Crippen LogP contribution in [-0.2, 0) is 4.74 Å². The Kier molecular flexibility index (Phi) is 3.07. The van der Waals surface area contributed by atoms with Gasteiger partial charge in [-0.2, -0.15) is 4.52 Å². The predicted molar refractivity (Wildman–Crippen MR) is 82.1 cm³/mol. The Balaban J connectivity index is 1.49. The molecule has 4 heterocycles. The molecule has 2 aromatic rings. The van der Waals surface area contributed by atoms with Crippen molar-refractivity contribution < 1.29 is 13.5 Å². The number of halogens is 2. The summed E-state index contributed by atoms with van der Waals surface area (Å²) >= 11 is 0. The third-order valence-electron chi connectivity index (χ3n) is 5.77. The molecule has 1 saturated carbocycles. The molecule has 2 aliphatic heterocycles. The van der Waals surface area contributed by atoms with Crippen LogP contribution >= 0.6 is 0 Å². The molecule has 1 atom stereocenters. The molecule has 0 amide bonds. The summed E-state index contributed by atoms with van der Waals surface area (Å²) in [6.07, 6.45) is 1.99. The fraction of sp³-hybridized carbons (Fsp3) is 0.688. The molecule has 1 spiro atoms. The lowest BCUT2D eigenvalue weighted by molar-refractivity contribution is -0.0341. The van der Waals surface area contributed by atoms with Crippen molar-refractivity contribution in [1.29, 1.82) is 0 Å². The Labute approximate surface area is 137 Å². The van der Waals surface area contributed by atoms with Gasteiger partial charge in [-0.05, 0) is 43.7 Å². The number of alkyl halides is 2. The maximum Gasteiger partial charge on any atom is 0.299 e. The van der Waals surface area contributed by atoms with Crippen LogP contribution in [0.2, 0.25) is 0 Å². The number of hydrogen-bond acceptors (Lipinski definition) is 5. The van der Waals surface area contributed by atoms with Crippen LogP contribution in [0.25, 0.3) is 5.65 Å². The molecule has 0 N–H and O–H groups in total. The van der Waals surface area contributed by atoms with Crippen molar-refractivity contribution >= 4 is 11.5 Å². The van der Waals surface area contributed by atoms with Crippen molar-refractivity contribution in [2.24, 2.45) is 11.3 Å². The Morgan fingerprint density at radius 3 is 2.67 bits per heavy atom. The molecule has 6 nitrogen and oxygen atoms in total. The first-order valence-corrected chi connectivity index (χ1v) is 8.53. The van der Waals surface area contributed by atoms with Crippen molar-refractivity contribution in [3.8, 4) is 0 Å². The maximum atomic E-state index is 13.1. The molecule has 0 aromatic carbocycles. The summed E-state index contributed by atoms with van der Waals surface area (Å²) in [6, 6.07) is 4.05. The van der Waals surface area contributed by atoms with E-state index in [-0.39, 0.29) is 0 Å². The second-order valence-electron chi connectivity index (χ2n) is 7.21. The van der Waals surface area contributed by atoms with Gasteiger partial charge in [0.25, 0.3) is 6.43 Å². The molecule has 5 rings (SSSR count). The van der Waals surface area contributed by atoms with Gasteiger partial charge in [0.1, 0.15) is 5.82 Å². The molecule has 1 unspecified atom stereocenters. The third-order valence-corrected chi connectivity index (χ3v) is 5.77. The highest BCUT2D eigenvalue weighted by atomic mass is 19.3. The van der Waals surface area contributed by atoms with Crippen LogP contribution in [0.15, 0.2) is 12.1 Å². The van der Waals surface area contributed by atoms with Gasteiger partial charge in [-0.1, -0.05) is 0 Å². The highest BCUT2D eigenvalue weighted by molar-refractivity contribution is 5.50. The van der Waals surface area contributed by atoms with Gasteiger partial charge in [0, 0.05) is 31.2 Å². The van der Waals surface area contributed by atoms with Crippen LogP contribution in [0.3, 0.4) is 0 Å². The summed E-state index contributed by atoms with van der Waals surface area (Å²) in [6.45, 7) is 2.58. The zero-order valence-electron chi connectivity index (χ0n) is 13.2. The number of fused-ring (bicyclic) bond motifs is 1. The number of aromatic nitrogens is 4. The molecule has 24 heavy (non-hydrogen) atoms. The van der Waals surface area contributed by atoms with E-state index >= 15 is 0 Å². The molecule has 0 radical (unpaired) electrons. The van der Waals surface area contributed by atoms with Crippen molar-refractivity contribution in [3.05, 3.63) is 18.0 Å². The smallest absolute Gasteiger partial charge is 0.299 e. The average Bonchev–Trinajstić information content (AvgIpc) is 3.29. The summed E-state index contributed by atoms with van der Waals surface area (Å²) in [7, 11) is 0. The van der Waals surface area contributed by atoms with Crippen LogP contribution in [0.4, 0.5) is 14.6 Å². The van der Waals surface area contributed by atoms with E-state index in [9.17, 15) is 8.78 Å². The molecule has 3 aliphatic rings. The standard InChI is InChI=1S/C16H19F2N5O/c17-14(18)15-20-19-11-3-4-12(21-23(11)15)22-9-16(5-7-24-8-6-16)13(22)10-1-2-10/h3-4,10,13-14H,1-2,5-9H2. The minimum absolute atomic E-state index is 0.314. The lowest BCUT2D eigenvalue weighted by atomic mass is 9.64. The number of hydrogen-bond donors (Lipinski definition) is 0. The molecule has 1 aliphatic carbocycles. The Morgan fingerprint density at radius 1 is 1.17 bits per heavy atom. The van der Waals surface area contributed by atoms with E-state index in [0.29, 0.717) is 23.0 Å².